The van der Waals surface area contributed by atoms with Crippen LogP contribution in [0.1, 0.15) is 99.1 Å². The molecule has 0 unspecified atom stereocenters. The van der Waals surface area contributed by atoms with Gasteiger partial charge in [-0.15, -0.1) is 0 Å². The van der Waals surface area contributed by atoms with Gasteiger partial charge in [0.1, 0.15) is 0 Å². The molecular formula is C30H33BrN4. The van der Waals surface area contributed by atoms with Crippen LogP contribution in [0, 0.1) is 0 Å². The number of hydrogen-bond donors (Lipinski definition) is 2. The summed E-state index contributed by atoms with van der Waals surface area (Å²) >= 11 is 3.83. The molecule has 0 saturated heterocycles. The highest BCUT2D eigenvalue weighted by atomic mass is 79.9. The summed E-state index contributed by atoms with van der Waals surface area (Å²) in [6.07, 6.45) is 12.8. The third-order valence-electron chi connectivity index (χ3n) is 7.38. The molecule has 5 heteroatoms. The van der Waals surface area contributed by atoms with Crippen molar-refractivity contribution in [2.24, 2.45) is 0 Å². The zero-order valence-corrected chi connectivity index (χ0v) is 22.5. The fourth-order valence-corrected chi connectivity index (χ4v) is 5.84. The minimum atomic E-state index is 0.430. The summed E-state index contributed by atoms with van der Waals surface area (Å²) in [5.74, 6) is 0.861. The molecule has 0 amide bonds. The smallest absolute Gasteiger partial charge is 0.0801 e. The van der Waals surface area contributed by atoms with Crippen molar-refractivity contribution in [3.63, 3.8) is 0 Å². The molecule has 2 aliphatic heterocycles. The van der Waals surface area contributed by atoms with Crippen LogP contribution in [0.4, 0.5) is 0 Å². The van der Waals surface area contributed by atoms with Gasteiger partial charge in [0.05, 0.1) is 27.2 Å². The van der Waals surface area contributed by atoms with Crippen molar-refractivity contribution in [3.8, 4) is 0 Å². The molecule has 0 aromatic carbocycles. The Labute approximate surface area is 215 Å². The van der Waals surface area contributed by atoms with Crippen molar-refractivity contribution >= 4 is 62.3 Å². The van der Waals surface area contributed by atoms with E-state index in [1.54, 1.807) is 0 Å². The lowest BCUT2D eigenvalue weighted by molar-refractivity contribution is 0.642. The summed E-state index contributed by atoms with van der Waals surface area (Å²) in [7, 11) is 0. The molecule has 35 heavy (non-hydrogen) atoms. The van der Waals surface area contributed by atoms with Gasteiger partial charge in [-0.1, -0.05) is 27.7 Å². The van der Waals surface area contributed by atoms with Gasteiger partial charge in [0.15, 0.2) is 0 Å². The Morgan fingerprint density at radius 2 is 1.03 bits per heavy atom. The van der Waals surface area contributed by atoms with Crippen molar-refractivity contribution in [2.75, 3.05) is 0 Å². The molecule has 2 aliphatic rings. The average Bonchev–Trinajstić information content (AvgIpc) is 3.68. The number of fused-ring (bicyclic) bond motifs is 8. The summed E-state index contributed by atoms with van der Waals surface area (Å²) in [6.45, 7) is 9.02. The second-order valence-electron chi connectivity index (χ2n) is 9.40. The van der Waals surface area contributed by atoms with E-state index in [-0.39, 0.29) is 0 Å². The van der Waals surface area contributed by atoms with Crippen molar-refractivity contribution in [3.05, 3.63) is 68.7 Å². The molecule has 180 valence electrons. The summed E-state index contributed by atoms with van der Waals surface area (Å²) in [5, 5.41) is 0. The molecule has 3 aromatic rings. The Morgan fingerprint density at radius 3 is 1.43 bits per heavy atom. The number of halogens is 1. The number of H-pyrrole nitrogens is 2. The Balaban J connectivity index is 1.91. The van der Waals surface area contributed by atoms with Crippen LogP contribution in [0.2, 0.25) is 0 Å². The zero-order valence-electron chi connectivity index (χ0n) is 21.0. The summed E-state index contributed by atoms with van der Waals surface area (Å²) in [4.78, 5) is 17.5. The van der Waals surface area contributed by atoms with Gasteiger partial charge in [-0.2, -0.15) is 0 Å². The summed E-state index contributed by atoms with van der Waals surface area (Å²) in [5.41, 5.74) is 10.9. The molecule has 0 saturated carbocycles. The molecular weight excluding hydrogens is 496 g/mol. The van der Waals surface area contributed by atoms with E-state index < -0.39 is 0 Å². The van der Waals surface area contributed by atoms with E-state index in [1.807, 2.05) is 0 Å². The van der Waals surface area contributed by atoms with Crippen molar-refractivity contribution in [2.45, 2.75) is 65.2 Å². The number of aromatic amines is 2. The highest BCUT2D eigenvalue weighted by Crippen LogP contribution is 2.35. The number of nitrogens with one attached hydrogen (secondary N) is 2. The third-order valence-corrected chi connectivity index (χ3v) is 8.19. The highest BCUT2D eigenvalue weighted by Gasteiger charge is 2.19. The van der Waals surface area contributed by atoms with Crippen molar-refractivity contribution in [1.82, 2.24) is 19.9 Å². The zero-order chi connectivity index (χ0) is 24.5. The molecule has 0 radical (unpaired) electrons. The molecule has 4 nitrogen and oxygen atoms in total. The van der Waals surface area contributed by atoms with Crippen LogP contribution in [-0.4, -0.2) is 19.9 Å². The maximum absolute atomic E-state index is 5.08. The van der Waals surface area contributed by atoms with Gasteiger partial charge in [0.25, 0.3) is 0 Å². The topological polar surface area (TPSA) is 57.4 Å². The van der Waals surface area contributed by atoms with Gasteiger partial charge in [0.2, 0.25) is 0 Å². The van der Waals surface area contributed by atoms with Crippen molar-refractivity contribution in [1.29, 1.82) is 0 Å². The second kappa shape index (κ2) is 9.98. The quantitative estimate of drug-likeness (QED) is 0.230. The van der Waals surface area contributed by atoms with E-state index in [1.165, 1.54) is 11.1 Å². The first-order valence-electron chi connectivity index (χ1n) is 12.8. The number of hydrogen-bond acceptors (Lipinski definition) is 2. The van der Waals surface area contributed by atoms with E-state index >= 15 is 0 Å². The molecule has 0 fully saturated rings. The maximum Gasteiger partial charge on any atom is 0.0801 e. The average molecular weight is 530 g/mol. The van der Waals surface area contributed by atoms with Crippen molar-refractivity contribution < 1.29 is 0 Å². The van der Waals surface area contributed by atoms with Crippen LogP contribution in [-0.2, 0) is 0 Å². The van der Waals surface area contributed by atoms with Crippen LogP contribution >= 0.6 is 15.9 Å². The molecule has 8 bridgehead atoms. The lowest BCUT2D eigenvalue weighted by atomic mass is 9.92. The van der Waals surface area contributed by atoms with Crippen LogP contribution in [0.3, 0.4) is 0 Å². The monoisotopic (exact) mass is 528 g/mol. The first kappa shape index (κ1) is 23.8. The molecule has 3 aromatic heterocycles. The third kappa shape index (κ3) is 4.42. The Morgan fingerprint density at radius 1 is 0.629 bits per heavy atom. The van der Waals surface area contributed by atoms with Gasteiger partial charge in [-0.3, -0.25) is 0 Å². The molecule has 5 heterocycles. The van der Waals surface area contributed by atoms with E-state index in [4.69, 9.17) is 9.97 Å². The summed E-state index contributed by atoms with van der Waals surface area (Å²) < 4.78 is 0.933. The Kier molecular flexibility index (Phi) is 6.79. The molecule has 5 rings (SSSR count). The van der Waals surface area contributed by atoms with Crippen LogP contribution in [0.15, 0.2) is 34.8 Å². The van der Waals surface area contributed by atoms with Crippen LogP contribution < -0.4 is 0 Å². The van der Waals surface area contributed by atoms with Gasteiger partial charge in [-0.05, 0) is 108 Å². The standard InChI is InChI=1S/C30H33BrN4/c1-5-18(6-2)28-22-11-9-20(32-22)17-21-10-12-23(33-21)29(19(7-3)8-4)25-14-16-27(35-25)30(31)26-15-13-24(28)34-26/h9-19,32-33H,5-8H2,1-4H3. The van der Waals surface area contributed by atoms with Gasteiger partial charge in [-0.25, -0.2) is 9.97 Å². The minimum Gasteiger partial charge on any atom is -0.355 e. The molecule has 2 N–H and O–H groups in total. The Bertz CT molecular complexity index is 1360. The highest BCUT2D eigenvalue weighted by molar-refractivity contribution is 9.10. The van der Waals surface area contributed by atoms with Crippen LogP contribution in [0.25, 0.3) is 46.4 Å². The van der Waals surface area contributed by atoms with Crippen LogP contribution in [0.5, 0.6) is 0 Å². The predicted octanol–water partition coefficient (Wildman–Crippen LogP) is 9.23. The van der Waals surface area contributed by atoms with Gasteiger partial charge in [0, 0.05) is 33.2 Å². The predicted molar refractivity (Wildman–Crippen MR) is 153 cm³/mol. The largest absolute Gasteiger partial charge is 0.355 e. The summed E-state index contributed by atoms with van der Waals surface area (Å²) in [6, 6.07) is 10.9. The number of rotatable bonds is 6. The first-order valence-corrected chi connectivity index (χ1v) is 13.6. The maximum atomic E-state index is 5.08. The molecule has 0 aliphatic carbocycles. The number of aromatic nitrogens is 4. The van der Waals surface area contributed by atoms with E-state index in [0.717, 1.165) is 75.0 Å². The SMILES string of the molecule is CCC(CC)c1c2nc(c(Br)c3nc(c(C(CC)CC)c4ccc(cc5ccc1[nH]5)[nH]4)C=C3)C=C2. The second-order valence-corrected chi connectivity index (χ2v) is 10.2. The van der Waals surface area contributed by atoms with Gasteiger partial charge < -0.3 is 9.97 Å². The number of nitrogens with zero attached hydrogens (tertiary/aromatic N) is 2. The van der Waals surface area contributed by atoms with E-state index in [0.29, 0.717) is 11.8 Å². The molecule has 0 spiro atoms. The van der Waals surface area contributed by atoms with E-state index in [9.17, 15) is 0 Å². The first-order chi connectivity index (χ1) is 17.1. The minimum absolute atomic E-state index is 0.430. The lowest BCUT2D eigenvalue weighted by Crippen LogP contribution is -2.00. The van der Waals surface area contributed by atoms with Gasteiger partial charge >= 0.3 is 0 Å². The Hall–Kier alpha value is -2.92. The van der Waals surface area contributed by atoms with E-state index in [2.05, 4.69) is 108 Å². The fraction of sp³-hybridized carbons (Fsp3) is 0.333. The normalized spacial score (nSPS) is 12.9. The fourth-order valence-electron chi connectivity index (χ4n) is 5.40. The molecule has 0 atom stereocenters. The lowest BCUT2D eigenvalue weighted by Gasteiger charge is -2.14.